The second kappa shape index (κ2) is 8.04. The average molecular weight is 442 g/mol. The van der Waals surface area contributed by atoms with Crippen molar-refractivity contribution in [2.45, 2.75) is 26.2 Å². The minimum Gasteiger partial charge on any atom is -0.484 e. The third-order valence-corrected chi connectivity index (χ3v) is 5.46. The molecule has 0 saturated carbocycles. The van der Waals surface area contributed by atoms with Crippen LogP contribution in [-0.4, -0.2) is 32.3 Å². The maximum absolute atomic E-state index is 12.3. The largest absolute Gasteiger partial charge is 0.484 e. The maximum Gasteiger partial charge on any atom is 0.264 e. The molecule has 2 heterocycles. The maximum atomic E-state index is 12.3. The molecule has 4 aromatic rings. The lowest BCUT2D eigenvalue weighted by molar-refractivity contribution is -0.118. The van der Waals surface area contributed by atoms with Crippen molar-refractivity contribution in [1.29, 1.82) is 0 Å². The van der Waals surface area contributed by atoms with Crippen LogP contribution in [0.4, 0.5) is 5.13 Å². The fourth-order valence-electron chi connectivity index (χ4n) is 2.83. The van der Waals surface area contributed by atoms with E-state index >= 15 is 0 Å². The molecule has 4 rings (SSSR count). The van der Waals surface area contributed by atoms with Crippen molar-refractivity contribution in [2.75, 3.05) is 11.9 Å². The summed E-state index contributed by atoms with van der Waals surface area (Å²) in [5, 5.41) is 16.4. The average Bonchev–Trinajstić information content (AvgIpc) is 3.26. The van der Waals surface area contributed by atoms with Crippen LogP contribution in [0.3, 0.4) is 0 Å². The van der Waals surface area contributed by atoms with Crippen LogP contribution in [0.5, 0.6) is 5.75 Å². The van der Waals surface area contributed by atoms with Gasteiger partial charge in [-0.05, 0) is 35.2 Å². The second-order valence-corrected chi connectivity index (χ2v) is 9.14. The Morgan fingerprint density at radius 3 is 2.63 bits per heavy atom. The minimum absolute atomic E-state index is 0.0666. The van der Waals surface area contributed by atoms with Crippen LogP contribution in [0.2, 0.25) is 5.02 Å². The van der Waals surface area contributed by atoms with Crippen molar-refractivity contribution in [3.05, 3.63) is 59.1 Å². The highest BCUT2D eigenvalue weighted by Gasteiger charge is 2.16. The van der Waals surface area contributed by atoms with E-state index in [2.05, 4.69) is 41.4 Å². The Morgan fingerprint density at radius 1 is 1.17 bits per heavy atom. The number of hydrogen-bond donors (Lipinski definition) is 1. The minimum atomic E-state index is -0.302. The normalized spacial score (nSPS) is 11.6. The Morgan fingerprint density at radius 2 is 1.93 bits per heavy atom. The first-order chi connectivity index (χ1) is 14.3. The lowest BCUT2D eigenvalue weighted by atomic mass is 9.87. The first-order valence-electron chi connectivity index (χ1n) is 9.31. The molecule has 1 amide bonds. The van der Waals surface area contributed by atoms with E-state index < -0.39 is 0 Å². The SMILES string of the molecule is CC(C)(C)c1ccc(OCC(=O)Nc2nn3c(-c4cccc(Cl)c4)nnc3s2)cc1. The molecule has 9 heteroatoms. The standard InChI is InChI=1S/C21H20ClN5O2S/c1-21(2,3)14-7-9-16(10-8-14)29-12-17(28)23-19-26-27-18(24-25-20(27)30-19)13-5-4-6-15(22)11-13/h4-11H,12H2,1-3H3,(H,23,26,28). The first-order valence-corrected chi connectivity index (χ1v) is 10.5. The van der Waals surface area contributed by atoms with Gasteiger partial charge < -0.3 is 4.74 Å². The Bertz CT molecular complexity index is 1190. The van der Waals surface area contributed by atoms with Gasteiger partial charge in [-0.3, -0.25) is 10.1 Å². The molecule has 0 saturated heterocycles. The molecular weight excluding hydrogens is 422 g/mol. The molecule has 2 aromatic carbocycles. The van der Waals surface area contributed by atoms with Gasteiger partial charge in [0, 0.05) is 10.6 Å². The molecule has 0 aliphatic heterocycles. The molecule has 0 spiro atoms. The highest BCUT2D eigenvalue weighted by Crippen LogP contribution is 2.26. The Hall–Kier alpha value is -2.97. The fourth-order valence-corrected chi connectivity index (χ4v) is 3.78. The van der Waals surface area contributed by atoms with E-state index in [-0.39, 0.29) is 17.9 Å². The number of aromatic nitrogens is 4. The zero-order chi connectivity index (χ0) is 21.3. The van der Waals surface area contributed by atoms with Gasteiger partial charge in [0.2, 0.25) is 10.1 Å². The van der Waals surface area contributed by atoms with Gasteiger partial charge in [0.05, 0.1) is 0 Å². The molecule has 0 fully saturated rings. The van der Waals surface area contributed by atoms with E-state index in [1.165, 1.54) is 16.9 Å². The number of ether oxygens (including phenoxy) is 1. The molecule has 7 nitrogen and oxygen atoms in total. The molecular formula is C21H20ClN5O2S. The molecule has 0 radical (unpaired) electrons. The number of halogens is 1. The Balaban J connectivity index is 1.41. The van der Waals surface area contributed by atoms with Crippen LogP contribution in [-0.2, 0) is 10.2 Å². The van der Waals surface area contributed by atoms with Gasteiger partial charge in [0.15, 0.2) is 12.4 Å². The van der Waals surface area contributed by atoms with Gasteiger partial charge in [0.25, 0.3) is 5.91 Å². The number of benzene rings is 2. The van der Waals surface area contributed by atoms with E-state index in [0.717, 1.165) is 5.56 Å². The van der Waals surface area contributed by atoms with Crippen molar-refractivity contribution in [3.8, 4) is 17.1 Å². The topological polar surface area (TPSA) is 81.4 Å². The zero-order valence-corrected chi connectivity index (χ0v) is 18.3. The van der Waals surface area contributed by atoms with Gasteiger partial charge >= 0.3 is 0 Å². The number of carbonyl (C=O) groups excluding carboxylic acids is 1. The molecule has 0 aliphatic carbocycles. The number of nitrogens with one attached hydrogen (secondary N) is 1. The summed E-state index contributed by atoms with van der Waals surface area (Å²) in [6.07, 6.45) is 0. The number of anilines is 1. The Labute approximate surface area is 182 Å². The fraction of sp³-hybridized carbons (Fsp3) is 0.238. The number of fused-ring (bicyclic) bond motifs is 1. The smallest absolute Gasteiger partial charge is 0.264 e. The summed E-state index contributed by atoms with van der Waals surface area (Å²) in [4.78, 5) is 12.8. The molecule has 1 N–H and O–H groups in total. The molecule has 154 valence electrons. The van der Waals surface area contributed by atoms with E-state index in [0.29, 0.717) is 26.7 Å². The second-order valence-electron chi connectivity index (χ2n) is 7.75. The number of rotatable bonds is 5. The van der Waals surface area contributed by atoms with Crippen molar-refractivity contribution in [3.63, 3.8) is 0 Å². The zero-order valence-electron chi connectivity index (χ0n) is 16.7. The van der Waals surface area contributed by atoms with E-state index in [1.807, 2.05) is 36.4 Å². The highest BCUT2D eigenvalue weighted by atomic mass is 35.5. The molecule has 30 heavy (non-hydrogen) atoms. The summed E-state index contributed by atoms with van der Waals surface area (Å²) < 4.78 is 7.17. The predicted molar refractivity (Wildman–Crippen MR) is 118 cm³/mol. The van der Waals surface area contributed by atoms with E-state index in [1.54, 1.807) is 16.6 Å². The van der Waals surface area contributed by atoms with Gasteiger partial charge in [-0.25, -0.2) is 0 Å². The number of nitrogens with zero attached hydrogens (tertiary/aromatic N) is 4. The molecule has 0 bridgehead atoms. The van der Waals surface area contributed by atoms with Crippen LogP contribution in [0.25, 0.3) is 16.3 Å². The Kier molecular flexibility index (Phi) is 5.44. The lowest BCUT2D eigenvalue weighted by Gasteiger charge is -2.19. The van der Waals surface area contributed by atoms with Crippen molar-refractivity contribution < 1.29 is 9.53 Å². The summed E-state index contributed by atoms with van der Waals surface area (Å²) in [6, 6.07) is 15.0. The third kappa shape index (κ3) is 4.44. The van der Waals surface area contributed by atoms with Crippen LogP contribution in [0, 0.1) is 0 Å². The highest BCUT2D eigenvalue weighted by molar-refractivity contribution is 7.20. The molecule has 0 aliphatic rings. The van der Waals surface area contributed by atoms with Gasteiger partial charge in [-0.1, -0.05) is 68.0 Å². The van der Waals surface area contributed by atoms with Crippen LogP contribution >= 0.6 is 22.9 Å². The van der Waals surface area contributed by atoms with Gasteiger partial charge in [-0.15, -0.1) is 15.3 Å². The number of carbonyl (C=O) groups is 1. The molecule has 0 unspecified atom stereocenters. The summed E-state index contributed by atoms with van der Waals surface area (Å²) in [5.74, 6) is 0.892. The molecule has 0 atom stereocenters. The number of amides is 1. The number of hydrogen-bond acceptors (Lipinski definition) is 6. The lowest BCUT2D eigenvalue weighted by Crippen LogP contribution is -2.20. The third-order valence-electron chi connectivity index (χ3n) is 4.41. The summed E-state index contributed by atoms with van der Waals surface area (Å²) >= 11 is 7.29. The van der Waals surface area contributed by atoms with Crippen molar-refractivity contribution in [1.82, 2.24) is 19.8 Å². The van der Waals surface area contributed by atoms with E-state index in [9.17, 15) is 4.79 Å². The van der Waals surface area contributed by atoms with Gasteiger partial charge in [0.1, 0.15) is 5.75 Å². The predicted octanol–water partition coefficient (Wildman–Crippen LogP) is 4.82. The van der Waals surface area contributed by atoms with Crippen molar-refractivity contribution >= 4 is 38.9 Å². The molecule has 2 aromatic heterocycles. The van der Waals surface area contributed by atoms with Crippen LogP contribution < -0.4 is 10.1 Å². The quantitative estimate of drug-likeness (QED) is 0.480. The van der Waals surface area contributed by atoms with E-state index in [4.69, 9.17) is 16.3 Å². The van der Waals surface area contributed by atoms with Crippen molar-refractivity contribution in [2.24, 2.45) is 0 Å². The van der Waals surface area contributed by atoms with Crippen LogP contribution in [0.1, 0.15) is 26.3 Å². The van der Waals surface area contributed by atoms with Crippen LogP contribution in [0.15, 0.2) is 48.5 Å². The summed E-state index contributed by atoms with van der Waals surface area (Å²) in [6.45, 7) is 6.33. The summed E-state index contributed by atoms with van der Waals surface area (Å²) in [7, 11) is 0. The monoisotopic (exact) mass is 441 g/mol. The van der Waals surface area contributed by atoms with Gasteiger partial charge in [-0.2, -0.15) is 4.52 Å². The first kappa shape index (κ1) is 20.3. The summed E-state index contributed by atoms with van der Waals surface area (Å²) in [5.41, 5.74) is 2.06.